The fourth-order valence-corrected chi connectivity index (χ4v) is 4.26. The molecule has 1 fully saturated rings. The van der Waals surface area contributed by atoms with Crippen LogP contribution in [0.25, 0.3) is 0 Å². The van der Waals surface area contributed by atoms with Crippen LogP contribution in [0.2, 0.25) is 5.02 Å². The molecular formula is C12H14ClNO5S. The number of benzene rings is 1. The third kappa shape index (κ3) is 2.67. The first-order valence-corrected chi connectivity index (χ1v) is 7.77. The molecule has 0 radical (unpaired) electrons. The molecule has 20 heavy (non-hydrogen) atoms. The van der Waals surface area contributed by atoms with Crippen LogP contribution < -0.4 is 0 Å². The molecule has 6 nitrogen and oxygen atoms in total. The highest BCUT2D eigenvalue weighted by molar-refractivity contribution is 7.89. The van der Waals surface area contributed by atoms with Gasteiger partial charge in [-0.25, -0.2) is 13.2 Å². The predicted molar refractivity (Wildman–Crippen MR) is 72.5 cm³/mol. The Labute approximate surface area is 121 Å². The van der Waals surface area contributed by atoms with Gasteiger partial charge in [0.15, 0.2) is 0 Å². The maximum atomic E-state index is 12.5. The Balaban J connectivity index is 2.55. The fourth-order valence-electron chi connectivity index (χ4n) is 2.21. The lowest BCUT2D eigenvalue weighted by Gasteiger charge is -2.18. The molecule has 0 amide bonds. The molecule has 0 aromatic heterocycles. The van der Waals surface area contributed by atoms with Crippen LogP contribution in [-0.2, 0) is 10.0 Å². The minimum absolute atomic E-state index is 0.0106. The Kier molecular flexibility index (Phi) is 4.06. The number of aromatic carboxylic acids is 1. The number of carboxylic acids is 1. The van der Waals surface area contributed by atoms with Gasteiger partial charge in [0, 0.05) is 18.1 Å². The zero-order valence-corrected chi connectivity index (χ0v) is 12.3. The normalized spacial score (nSPS) is 20.2. The molecule has 1 atom stereocenters. The van der Waals surface area contributed by atoms with Crippen LogP contribution >= 0.6 is 11.6 Å². The Hall–Kier alpha value is -1.15. The van der Waals surface area contributed by atoms with Crippen molar-refractivity contribution in [3.05, 3.63) is 28.3 Å². The largest absolute Gasteiger partial charge is 0.478 e. The van der Waals surface area contributed by atoms with Crippen molar-refractivity contribution in [3.8, 4) is 0 Å². The van der Waals surface area contributed by atoms with Crippen molar-refractivity contribution >= 4 is 27.6 Å². The number of halogens is 1. The summed E-state index contributed by atoms with van der Waals surface area (Å²) in [7, 11) is -3.86. The minimum atomic E-state index is -3.86. The number of carboxylic acid groups (broad SMARTS) is 1. The number of nitrogens with zero attached hydrogens (tertiary/aromatic N) is 1. The quantitative estimate of drug-likeness (QED) is 0.870. The molecule has 0 bridgehead atoms. The van der Waals surface area contributed by atoms with Crippen molar-refractivity contribution in [1.29, 1.82) is 0 Å². The van der Waals surface area contributed by atoms with E-state index in [1.165, 1.54) is 19.1 Å². The fraction of sp³-hybridized carbons (Fsp3) is 0.417. The summed E-state index contributed by atoms with van der Waals surface area (Å²) in [5, 5.41) is 18.6. The number of sulfonamides is 1. The van der Waals surface area contributed by atoms with E-state index in [0.29, 0.717) is 6.42 Å². The average molecular weight is 320 g/mol. The highest BCUT2D eigenvalue weighted by Crippen LogP contribution is 2.28. The summed E-state index contributed by atoms with van der Waals surface area (Å²) < 4.78 is 26.1. The molecular weight excluding hydrogens is 306 g/mol. The molecule has 2 rings (SSSR count). The molecule has 1 aliphatic heterocycles. The van der Waals surface area contributed by atoms with Gasteiger partial charge in [0.25, 0.3) is 0 Å². The first-order valence-electron chi connectivity index (χ1n) is 5.95. The second-order valence-corrected chi connectivity index (χ2v) is 7.03. The topological polar surface area (TPSA) is 94.9 Å². The number of aliphatic hydroxyl groups is 1. The van der Waals surface area contributed by atoms with E-state index in [1.807, 2.05) is 0 Å². The van der Waals surface area contributed by atoms with E-state index in [0.717, 1.165) is 4.31 Å². The highest BCUT2D eigenvalue weighted by Gasteiger charge is 2.33. The van der Waals surface area contributed by atoms with Crippen LogP contribution in [0.5, 0.6) is 0 Å². The van der Waals surface area contributed by atoms with Crippen molar-refractivity contribution in [1.82, 2.24) is 4.31 Å². The molecule has 0 aliphatic carbocycles. The summed E-state index contributed by atoms with van der Waals surface area (Å²) in [4.78, 5) is 11.0. The zero-order chi connectivity index (χ0) is 15.1. The Morgan fingerprint density at radius 3 is 2.60 bits per heavy atom. The molecule has 1 aromatic rings. The average Bonchev–Trinajstić information content (AvgIpc) is 2.78. The SMILES string of the molecule is Cc1c(C(=O)O)cc(Cl)cc1S(=O)(=O)N1CC[C@@H](O)C1. The summed E-state index contributed by atoms with van der Waals surface area (Å²) in [6.45, 7) is 1.65. The van der Waals surface area contributed by atoms with E-state index in [2.05, 4.69) is 0 Å². The number of rotatable bonds is 3. The summed E-state index contributed by atoms with van der Waals surface area (Å²) >= 11 is 5.81. The summed E-state index contributed by atoms with van der Waals surface area (Å²) in [5.74, 6) is -1.23. The van der Waals surface area contributed by atoms with Crippen LogP contribution in [0.4, 0.5) is 0 Å². The van der Waals surface area contributed by atoms with Crippen LogP contribution in [0.3, 0.4) is 0 Å². The summed E-state index contributed by atoms with van der Waals surface area (Å²) in [5.41, 5.74) is -0.000824. The first kappa shape index (κ1) is 15.2. The minimum Gasteiger partial charge on any atom is -0.478 e. The number of carbonyl (C=O) groups is 1. The third-order valence-electron chi connectivity index (χ3n) is 3.30. The van der Waals surface area contributed by atoms with Crippen molar-refractivity contribution in [2.24, 2.45) is 0 Å². The Morgan fingerprint density at radius 2 is 2.10 bits per heavy atom. The van der Waals surface area contributed by atoms with Gasteiger partial charge in [-0.3, -0.25) is 0 Å². The van der Waals surface area contributed by atoms with Gasteiger partial charge in [-0.05, 0) is 31.0 Å². The predicted octanol–water partition coefficient (Wildman–Crippen LogP) is 1.10. The van der Waals surface area contributed by atoms with Gasteiger partial charge in [-0.2, -0.15) is 4.31 Å². The van der Waals surface area contributed by atoms with Gasteiger partial charge in [-0.1, -0.05) is 11.6 Å². The lowest BCUT2D eigenvalue weighted by Crippen LogP contribution is -2.30. The van der Waals surface area contributed by atoms with E-state index in [-0.39, 0.29) is 34.1 Å². The number of aliphatic hydroxyl groups excluding tert-OH is 1. The van der Waals surface area contributed by atoms with Crippen molar-refractivity contribution in [2.45, 2.75) is 24.3 Å². The zero-order valence-electron chi connectivity index (χ0n) is 10.7. The summed E-state index contributed by atoms with van der Waals surface area (Å²) in [6, 6.07) is 2.46. The van der Waals surface area contributed by atoms with E-state index in [1.54, 1.807) is 0 Å². The van der Waals surface area contributed by atoms with E-state index >= 15 is 0 Å². The van der Waals surface area contributed by atoms with Gasteiger partial charge in [0.1, 0.15) is 0 Å². The van der Waals surface area contributed by atoms with Gasteiger partial charge in [-0.15, -0.1) is 0 Å². The number of hydrogen-bond donors (Lipinski definition) is 2. The molecule has 1 aliphatic rings. The number of β-amino-alcohol motifs (C(OH)–C–C–N with tert-alkyl or cyclic N) is 1. The van der Waals surface area contributed by atoms with Crippen LogP contribution in [-0.4, -0.2) is 48.1 Å². The molecule has 1 heterocycles. The second kappa shape index (κ2) is 5.33. The third-order valence-corrected chi connectivity index (χ3v) is 5.51. The molecule has 1 aromatic carbocycles. The van der Waals surface area contributed by atoms with Crippen LogP contribution in [0.1, 0.15) is 22.3 Å². The molecule has 1 saturated heterocycles. The maximum Gasteiger partial charge on any atom is 0.336 e. The monoisotopic (exact) mass is 319 g/mol. The summed E-state index contributed by atoms with van der Waals surface area (Å²) in [6.07, 6.45) is -0.326. The second-order valence-electron chi connectivity index (χ2n) is 4.69. The smallest absolute Gasteiger partial charge is 0.336 e. The van der Waals surface area contributed by atoms with Gasteiger partial charge < -0.3 is 10.2 Å². The Morgan fingerprint density at radius 1 is 1.45 bits per heavy atom. The van der Waals surface area contributed by atoms with Gasteiger partial charge in [0.05, 0.1) is 16.6 Å². The first-order chi connectivity index (χ1) is 9.23. The van der Waals surface area contributed by atoms with E-state index < -0.39 is 22.1 Å². The maximum absolute atomic E-state index is 12.5. The molecule has 8 heteroatoms. The number of hydrogen-bond acceptors (Lipinski definition) is 4. The van der Waals surface area contributed by atoms with Crippen LogP contribution in [0, 0.1) is 6.92 Å². The lowest BCUT2D eigenvalue weighted by atomic mass is 10.1. The molecule has 110 valence electrons. The van der Waals surface area contributed by atoms with Crippen molar-refractivity contribution < 1.29 is 23.4 Å². The molecule has 2 N–H and O–H groups in total. The van der Waals surface area contributed by atoms with Crippen molar-refractivity contribution in [2.75, 3.05) is 13.1 Å². The highest BCUT2D eigenvalue weighted by atomic mass is 35.5. The van der Waals surface area contributed by atoms with Gasteiger partial charge >= 0.3 is 5.97 Å². The molecule has 0 unspecified atom stereocenters. The van der Waals surface area contributed by atoms with Gasteiger partial charge in [0.2, 0.25) is 10.0 Å². The molecule has 0 spiro atoms. The van der Waals surface area contributed by atoms with Crippen LogP contribution in [0.15, 0.2) is 17.0 Å². The van der Waals surface area contributed by atoms with E-state index in [4.69, 9.17) is 16.7 Å². The standard InChI is InChI=1S/C12H14ClNO5S/c1-7-10(12(16)17)4-8(13)5-11(7)20(18,19)14-3-2-9(15)6-14/h4-5,9,15H,2-3,6H2,1H3,(H,16,17)/t9-/m1/s1. The Bertz CT molecular complexity index is 658. The van der Waals surface area contributed by atoms with Crippen molar-refractivity contribution in [3.63, 3.8) is 0 Å². The molecule has 0 saturated carbocycles. The van der Waals surface area contributed by atoms with E-state index in [9.17, 15) is 18.3 Å². The lowest BCUT2D eigenvalue weighted by molar-refractivity contribution is 0.0695.